The van der Waals surface area contributed by atoms with E-state index in [9.17, 15) is 0 Å². The molecule has 0 fully saturated rings. The highest BCUT2D eigenvalue weighted by Crippen LogP contribution is 2.35. The quantitative estimate of drug-likeness (QED) is 0.282. The van der Waals surface area contributed by atoms with Crippen LogP contribution in [0.25, 0.3) is 38.8 Å². The lowest BCUT2D eigenvalue weighted by atomic mass is 10.0. The molecule has 0 saturated carbocycles. The molecule has 0 bridgehead atoms. The number of hydrogen-bond acceptors (Lipinski definition) is 3. The van der Waals surface area contributed by atoms with Crippen LogP contribution >= 0.6 is 0 Å². The van der Waals surface area contributed by atoms with Gasteiger partial charge in [-0.05, 0) is 72.5 Å². The van der Waals surface area contributed by atoms with E-state index in [1.54, 1.807) is 6.20 Å². The van der Waals surface area contributed by atoms with Gasteiger partial charge in [-0.3, -0.25) is 4.57 Å². The van der Waals surface area contributed by atoms with Crippen LogP contribution in [0.1, 0.15) is 11.1 Å². The Bertz CT molecular complexity index is 1670. The summed E-state index contributed by atoms with van der Waals surface area (Å²) in [5.74, 6) is 2.31. The molecule has 0 aliphatic carbocycles. The average molecular weight is 442 g/mol. The number of aryl methyl sites for hydroxylation is 2. The van der Waals surface area contributed by atoms with E-state index in [2.05, 4.69) is 77.1 Å². The molecule has 0 radical (unpaired) electrons. The summed E-state index contributed by atoms with van der Waals surface area (Å²) in [6.45, 7) is 4.13. The van der Waals surface area contributed by atoms with Gasteiger partial charge in [-0.1, -0.05) is 48.5 Å². The predicted octanol–water partition coefficient (Wildman–Crippen LogP) is 7.65. The zero-order valence-corrected chi connectivity index (χ0v) is 19.1. The zero-order chi connectivity index (χ0) is 23.1. The van der Waals surface area contributed by atoms with E-state index >= 15 is 0 Å². The maximum absolute atomic E-state index is 6.04. The van der Waals surface area contributed by atoms with Crippen LogP contribution in [0.5, 0.6) is 11.6 Å². The number of aromatic nitrogens is 3. The highest BCUT2D eigenvalue weighted by Gasteiger charge is 2.15. The Morgan fingerprint density at radius 1 is 0.647 bits per heavy atom. The molecule has 4 nitrogen and oxygen atoms in total. The van der Waals surface area contributed by atoms with Crippen LogP contribution in [-0.4, -0.2) is 14.5 Å². The predicted molar refractivity (Wildman–Crippen MR) is 138 cm³/mol. The molecule has 0 unspecified atom stereocenters. The second-order valence-corrected chi connectivity index (χ2v) is 8.53. The van der Waals surface area contributed by atoms with Gasteiger partial charge >= 0.3 is 0 Å². The molecular formula is C30H23N3O. The summed E-state index contributed by atoms with van der Waals surface area (Å²) in [6.07, 6.45) is 3.62. The fraction of sp³-hybridized carbons (Fsp3) is 0.0667. The van der Waals surface area contributed by atoms with Crippen LogP contribution in [-0.2, 0) is 0 Å². The van der Waals surface area contributed by atoms with Gasteiger partial charge in [0.15, 0.2) is 0 Å². The molecule has 6 aromatic rings. The number of rotatable bonds is 4. The minimum Gasteiger partial charge on any atom is -0.439 e. The maximum atomic E-state index is 6.04. The van der Waals surface area contributed by atoms with Crippen LogP contribution in [0, 0.1) is 13.8 Å². The summed E-state index contributed by atoms with van der Waals surface area (Å²) in [5, 5.41) is 2.43. The molecule has 0 N–H and O–H groups in total. The number of ether oxygens (including phenoxy) is 1. The van der Waals surface area contributed by atoms with Gasteiger partial charge in [0.05, 0.1) is 11.0 Å². The van der Waals surface area contributed by atoms with Gasteiger partial charge in [0.25, 0.3) is 0 Å². The monoisotopic (exact) mass is 441 g/mol. The largest absolute Gasteiger partial charge is 0.439 e. The number of benzene rings is 3. The van der Waals surface area contributed by atoms with Crippen molar-refractivity contribution in [1.29, 1.82) is 0 Å². The van der Waals surface area contributed by atoms with Gasteiger partial charge in [-0.25, -0.2) is 9.97 Å². The molecule has 6 rings (SSSR count). The normalized spacial score (nSPS) is 11.2. The molecule has 0 spiro atoms. The first-order valence-corrected chi connectivity index (χ1v) is 11.3. The van der Waals surface area contributed by atoms with Crippen molar-refractivity contribution in [3.63, 3.8) is 0 Å². The molecule has 3 aromatic carbocycles. The fourth-order valence-corrected chi connectivity index (χ4v) is 4.51. The Morgan fingerprint density at radius 3 is 2.38 bits per heavy atom. The number of nitrogens with zero attached hydrogens (tertiary/aromatic N) is 3. The lowest BCUT2D eigenvalue weighted by Gasteiger charge is -2.11. The van der Waals surface area contributed by atoms with Crippen LogP contribution in [0.2, 0.25) is 0 Å². The van der Waals surface area contributed by atoms with E-state index in [4.69, 9.17) is 9.72 Å². The van der Waals surface area contributed by atoms with Crippen molar-refractivity contribution >= 4 is 21.8 Å². The summed E-state index contributed by atoms with van der Waals surface area (Å²) in [7, 11) is 0. The summed E-state index contributed by atoms with van der Waals surface area (Å²) in [5.41, 5.74) is 6.74. The summed E-state index contributed by atoms with van der Waals surface area (Å²) >= 11 is 0. The summed E-state index contributed by atoms with van der Waals surface area (Å²) in [4.78, 5) is 9.05. The molecule has 3 aromatic heterocycles. The van der Waals surface area contributed by atoms with Crippen molar-refractivity contribution in [3.05, 3.63) is 115 Å². The second-order valence-electron chi connectivity index (χ2n) is 8.53. The Labute approximate surface area is 198 Å². The van der Waals surface area contributed by atoms with Crippen molar-refractivity contribution in [2.75, 3.05) is 0 Å². The fourth-order valence-electron chi connectivity index (χ4n) is 4.51. The maximum Gasteiger partial charge on any atom is 0.219 e. The lowest BCUT2D eigenvalue weighted by molar-refractivity contribution is 0.462. The molecule has 0 amide bonds. The smallest absolute Gasteiger partial charge is 0.219 e. The minimum atomic E-state index is 0.596. The summed E-state index contributed by atoms with van der Waals surface area (Å²) < 4.78 is 8.30. The number of para-hydroxylation sites is 1. The van der Waals surface area contributed by atoms with Crippen molar-refractivity contribution in [2.24, 2.45) is 0 Å². The van der Waals surface area contributed by atoms with Gasteiger partial charge < -0.3 is 4.74 Å². The second kappa shape index (κ2) is 8.16. The highest BCUT2D eigenvalue weighted by atomic mass is 16.5. The molecule has 34 heavy (non-hydrogen) atoms. The topological polar surface area (TPSA) is 39.9 Å². The van der Waals surface area contributed by atoms with Crippen LogP contribution in [0.4, 0.5) is 0 Å². The third-order valence-corrected chi connectivity index (χ3v) is 6.15. The third kappa shape index (κ3) is 3.50. The first-order chi connectivity index (χ1) is 16.7. The third-order valence-electron chi connectivity index (χ3n) is 6.15. The first-order valence-electron chi connectivity index (χ1n) is 11.3. The van der Waals surface area contributed by atoms with Gasteiger partial charge in [0, 0.05) is 29.2 Å². The standard InChI is InChI=1S/C30H23N3O/c1-20-14-16-31-29(17-20)34-24-9-5-8-22(18-24)23-12-13-26-25-10-3-4-11-27(25)33(28(26)19-23)30-21(2)7-6-15-32-30/h3-19H,1-2H3. The van der Waals surface area contributed by atoms with E-state index in [-0.39, 0.29) is 0 Å². The van der Waals surface area contributed by atoms with E-state index in [0.717, 1.165) is 44.9 Å². The SMILES string of the molecule is Cc1ccnc(Oc2cccc(-c3ccc4c5ccccc5n(-c5ncccc5C)c4c3)c2)c1. The van der Waals surface area contributed by atoms with Gasteiger partial charge in [0.1, 0.15) is 11.6 Å². The summed E-state index contributed by atoms with van der Waals surface area (Å²) in [6, 6.07) is 31.3. The Balaban J connectivity index is 1.50. The highest BCUT2D eigenvalue weighted by molar-refractivity contribution is 6.10. The zero-order valence-electron chi connectivity index (χ0n) is 19.1. The minimum absolute atomic E-state index is 0.596. The molecule has 4 heteroatoms. The van der Waals surface area contributed by atoms with Gasteiger partial charge in [0.2, 0.25) is 5.88 Å². The molecule has 0 aliphatic rings. The number of fused-ring (bicyclic) bond motifs is 3. The van der Waals surface area contributed by atoms with Crippen molar-refractivity contribution in [2.45, 2.75) is 13.8 Å². The van der Waals surface area contributed by atoms with Gasteiger partial charge in [-0.2, -0.15) is 0 Å². The molecule has 0 atom stereocenters. The van der Waals surface area contributed by atoms with Crippen LogP contribution in [0.3, 0.4) is 0 Å². The van der Waals surface area contributed by atoms with E-state index < -0.39 is 0 Å². The molecular weight excluding hydrogens is 418 g/mol. The first kappa shape index (κ1) is 20.2. The van der Waals surface area contributed by atoms with Crippen molar-refractivity contribution in [1.82, 2.24) is 14.5 Å². The van der Waals surface area contributed by atoms with Gasteiger partial charge in [-0.15, -0.1) is 0 Å². The Hall–Kier alpha value is -4.44. The van der Waals surface area contributed by atoms with Crippen molar-refractivity contribution < 1.29 is 4.74 Å². The molecule has 0 aliphatic heterocycles. The molecule has 0 saturated heterocycles. The van der Waals surface area contributed by atoms with E-state index in [1.807, 2.05) is 43.5 Å². The lowest BCUT2D eigenvalue weighted by Crippen LogP contribution is -1.99. The average Bonchev–Trinajstić information content (AvgIpc) is 3.18. The van der Waals surface area contributed by atoms with E-state index in [1.165, 1.54) is 10.8 Å². The van der Waals surface area contributed by atoms with Crippen LogP contribution in [0.15, 0.2) is 103 Å². The number of hydrogen-bond donors (Lipinski definition) is 0. The molecule has 164 valence electrons. The Morgan fingerprint density at radius 2 is 1.50 bits per heavy atom. The Kier molecular flexibility index (Phi) is 4.84. The van der Waals surface area contributed by atoms with Crippen molar-refractivity contribution in [3.8, 4) is 28.6 Å². The number of pyridine rings is 2. The van der Waals surface area contributed by atoms with E-state index in [0.29, 0.717) is 5.88 Å². The molecule has 3 heterocycles. The van der Waals surface area contributed by atoms with Crippen LogP contribution < -0.4 is 4.74 Å².